The van der Waals surface area contributed by atoms with Gasteiger partial charge in [0.1, 0.15) is 5.75 Å². The van der Waals surface area contributed by atoms with Crippen molar-refractivity contribution in [3.8, 4) is 17.2 Å². The lowest BCUT2D eigenvalue weighted by Gasteiger charge is -2.29. The lowest BCUT2D eigenvalue weighted by molar-refractivity contribution is 0.0391. The molecule has 0 spiro atoms. The van der Waals surface area contributed by atoms with E-state index in [2.05, 4.69) is 4.90 Å². The van der Waals surface area contributed by atoms with E-state index in [1.165, 1.54) is 18.4 Å². The first-order valence-corrected chi connectivity index (χ1v) is 11.2. The fourth-order valence-electron chi connectivity index (χ4n) is 3.69. The molecule has 0 unspecified atom stereocenters. The number of carbonyl (C=O) groups is 1. The van der Waals surface area contributed by atoms with Gasteiger partial charge >= 0.3 is 0 Å². The number of morpholine rings is 1. The second-order valence-corrected chi connectivity index (χ2v) is 8.29. The van der Waals surface area contributed by atoms with E-state index in [1.807, 2.05) is 18.2 Å². The van der Waals surface area contributed by atoms with Crippen LogP contribution < -0.4 is 19.1 Å². The minimum Gasteiger partial charge on any atom is -0.497 e. The van der Waals surface area contributed by atoms with Gasteiger partial charge in [-0.2, -0.15) is 0 Å². The highest BCUT2D eigenvalue weighted by Gasteiger charge is 2.26. The predicted octanol–water partition coefficient (Wildman–Crippen LogP) is 3.30. The molecule has 9 heteroatoms. The van der Waals surface area contributed by atoms with Crippen LogP contribution in [0.3, 0.4) is 0 Å². The smallest absolute Gasteiger partial charge is 0.264 e. The van der Waals surface area contributed by atoms with Crippen LogP contribution in [0.15, 0.2) is 36.4 Å². The van der Waals surface area contributed by atoms with E-state index in [9.17, 15) is 4.79 Å². The van der Waals surface area contributed by atoms with Crippen LogP contribution in [0.5, 0.6) is 17.2 Å². The Morgan fingerprint density at radius 2 is 1.94 bits per heavy atom. The Kier molecular flexibility index (Phi) is 7.09. The zero-order valence-corrected chi connectivity index (χ0v) is 19.3. The summed E-state index contributed by atoms with van der Waals surface area (Å²) >= 11 is 1.47. The number of thiazole rings is 1. The summed E-state index contributed by atoms with van der Waals surface area (Å²) in [6.45, 7) is 4.33. The van der Waals surface area contributed by atoms with Crippen molar-refractivity contribution in [2.75, 3.05) is 65.6 Å². The van der Waals surface area contributed by atoms with E-state index >= 15 is 0 Å². The maximum atomic E-state index is 13.8. The van der Waals surface area contributed by atoms with E-state index in [0.717, 1.165) is 35.6 Å². The third-order valence-electron chi connectivity index (χ3n) is 5.44. The number of aromatic nitrogens is 1. The fourth-order valence-corrected chi connectivity index (χ4v) is 4.70. The quantitative estimate of drug-likeness (QED) is 0.514. The standard InChI is InChI=1S/C23H27N3O5S/c1-28-16-7-8-18-20(15-16)32-23(24-18)26(10-9-25-11-13-31-14-12-25)22(27)17-5-4-6-19(29-2)21(17)30-3/h4-8,15H,9-14H2,1-3H3. The lowest BCUT2D eigenvalue weighted by Crippen LogP contribution is -2.43. The first-order chi connectivity index (χ1) is 15.6. The summed E-state index contributed by atoms with van der Waals surface area (Å²) in [5.41, 5.74) is 1.26. The van der Waals surface area contributed by atoms with Gasteiger partial charge in [0.25, 0.3) is 5.91 Å². The molecule has 0 N–H and O–H groups in total. The van der Waals surface area contributed by atoms with Crippen LogP contribution in [0, 0.1) is 0 Å². The highest BCUT2D eigenvalue weighted by atomic mass is 32.1. The number of anilines is 1. The normalized spacial score (nSPS) is 14.3. The van der Waals surface area contributed by atoms with Gasteiger partial charge in [-0.1, -0.05) is 17.4 Å². The Bertz CT molecular complexity index is 1080. The molecule has 1 aliphatic heterocycles. The Labute approximate surface area is 191 Å². The molecule has 32 heavy (non-hydrogen) atoms. The molecular weight excluding hydrogens is 430 g/mol. The number of hydrogen-bond acceptors (Lipinski definition) is 8. The largest absolute Gasteiger partial charge is 0.497 e. The van der Waals surface area contributed by atoms with Crippen LogP contribution >= 0.6 is 11.3 Å². The molecule has 0 saturated carbocycles. The number of carbonyl (C=O) groups excluding carboxylic acids is 1. The highest BCUT2D eigenvalue weighted by Crippen LogP contribution is 2.35. The van der Waals surface area contributed by atoms with E-state index in [-0.39, 0.29) is 5.91 Å². The Morgan fingerprint density at radius 3 is 2.66 bits per heavy atom. The van der Waals surface area contributed by atoms with E-state index in [4.69, 9.17) is 23.9 Å². The monoisotopic (exact) mass is 457 g/mol. The molecular formula is C23H27N3O5S. The van der Waals surface area contributed by atoms with Crippen molar-refractivity contribution < 1.29 is 23.7 Å². The van der Waals surface area contributed by atoms with Crippen LogP contribution in [0.4, 0.5) is 5.13 Å². The number of nitrogens with zero attached hydrogens (tertiary/aromatic N) is 3. The first-order valence-electron chi connectivity index (χ1n) is 10.4. The molecule has 1 aromatic heterocycles. The van der Waals surface area contributed by atoms with Gasteiger partial charge in [0.15, 0.2) is 16.6 Å². The second-order valence-electron chi connectivity index (χ2n) is 7.28. The van der Waals surface area contributed by atoms with Gasteiger partial charge in [-0.15, -0.1) is 0 Å². The molecule has 8 nitrogen and oxygen atoms in total. The molecule has 3 aromatic rings. The van der Waals surface area contributed by atoms with Crippen molar-refractivity contribution in [2.45, 2.75) is 0 Å². The Hall–Kier alpha value is -2.88. The van der Waals surface area contributed by atoms with E-state index in [0.29, 0.717) is 42.0 Å². The molecule has 0 radical (unpaired) electrons. The number of para-hydroxylation sites is 1. The minimum absolute atomic E-state index is 0.181. The van der Waals surface area contributed by atoms with Crippen molar-refractivity contribution in [1.29, 1.82) is 0 Å². The molecule has 0 bridgehead atoms. The SMILES string of the molecule is COc1ccc2nc(N(CCN3CCOCC3)C(=O)c3cccc(OC)c3OC)sc2c1. The summed E-state index contributed by atoms with van der Waals surface area (Å²) in [6.07, 6.45) is 0. The van der Waals surface area contributed by atoms with Crippen molar-refractivity contribution in [2.24, 2.45) is 0 Å². The number of benzene rings is 2. The fraction of sp³-hybridized carbons (Fsp3) is 0.391. The number of methoxy groups -OCH3 is 3. The van der Waals surface area contributed by atoms with E-state index in [1.54, 1.807) is 37.3 Å². The van der Waals surface area contributed by atoms with Crippen molar-refractivity contribution in [1.82, 2.24) is 9.88 Å². The van der Waals surface area contributed by atoms with Gasteiger partial charge in [0.05, 0.1) is 50.3 Å². The van der Waals surface area contributed by atoms with Crippen LogP contribution in [-0.2, 0) is 4.74 Å². The average molecular weight is 458 g/mol. The van der Waals surface area contributed by atoms with Gasteiger partial charge in [-0.05, 0) is 30.3 Å². The van der Waals surface area contributed by atoms with Gasteiger partial charge in [0, 0.05) is 26.2 Å². The maximum absolute atomic E-state index is 13.8. The number of fused-ring (bicyclic) bond motifs is 1. The first kappa shape index (κ1) is 22.3. The van der Waals surface area contributed by atoms with Crippen LogP contribution in [0.1, 0.15) is 10.4 Å². The minimum atomic E-state index is -0.181. The van der Waals surface area contributed by atoms with Gasteiger partial charge < -0.3 is 18.9 Å². The predicted molar refractivity (Wildman–Crippen MR) is 125 cm³/mol. The molecule has 170 valence electrons. The van der Waals surface area contributed by atoms with Crippen molar-refractivity contribution >= 4 is 32.6 Å². The molecule has 4 rings (SSSR count). The van der Waals surface area contributed by atoms with Gasteiger partial charge in [-0.3, -0.25) is 14.6 Å². The topological polar surface area (TPSA) is 73.4 Å². The molecule has 0 atom stereocenters. The lowest BCUT2D eigenvalue weighted by atomic mass is 10.1. The van der Waals surface area contributed by atoms with E-state index < -0.39 is 0 Å². The molecule has 2 heterocycles. The molecule has 1 amide bonds. The van der Waals surface area contributed by atoms with Crippen LogP contribution in [0.25, 0.3) is 10.2 Å². The Balaban J connectivity index is 1.69. The summed E-state index contributed by atoms with van der Waals surface area (Å²) in [4.78, 5) is 22.5. The number of amides is 1. The molecule has 2 aromatic carbocycles. The Morgan fingerprint density at radius 1 is 1.12 bits per heavy atom. The summed E-state index contributed by atoms with van der Waals surface area (Å²) < 4.78 is 22.7. The van der Waals surface area contributed by atoms with Gasteiger partial charge in [-0.25, -0.2) is 4.98 Å². The summed E-state index contributed by atoms with van der Waals surface area (Å²) in [7, 11) is 4.73. The molecule has 0 aliphatic carbocycles. The van der Waals surface area contributed by atoms with Crippen molar-refractivity contribution in [3.63, 3.8) is 0 Å². The number of hydrogen-bond donors (Lipinski definition) is 0. The van der Waals surface area contributed by atoms with Crippen LogP contribution in [-0.4, -0.2) is 76.5 Å². The number of rotatable bonds is 8. The third-order valence-corrected chi connectivity index (χ3v) is 6.48. The maximum Gasteiger partial charge on any atom is 0.264 e. The zero-order chi connectivity index (χ0) is 22.5. The highest BCUT2D eigenvalue weighted by molar-refractivity contribution is 7.22. The molecule has 1 fully saturated rings. The molecule has 1 saturated heterocycles. The summed E-state index contributed by atoms with van der Waals surface area (Å²) in [5.74, 6) is 1.51. The number of ether oxygens (including phenoxy) is 4. The summed E-state index contributed by atoms with van der Waals surface area (Å²) in [6, 6.07) is 11.0. The second kappa shape index (κ2) is 10.2. The summed E-state index contributed by atoms with van der Waals surface area (Å²) in [5, 5.41) is 0.636. The van der Waals surface area contributed by atoms with Gasteiger partial charge in [0.2, 0.25) is 0 Å². The van der Waals surface area contributed by atoms with Crippen molar-refractivity contribution in [3.05, 3.63) is 42.0 Å². The molecule has 1 aliphatic rings. The third kappa shape index (κ3) is 4.64. The van der Waals surface area contributed by atoms with Crippen LogP contribution in [0.2, 0.25) is 0 Å². The zero-order valence-electron chi connectivity index (χ0n) is 18.5. The average Bonchev–Trinajstić information content (AvgIpc) is 3.26.